The summed E-state index contributed by atoms with van der Waals surface area (Å²) in [6.07, 6.45) is 2.97. The van der Waals surface area contributed by atoms with Crippen LogP contribution in [0.4, 0.5) is 4.39 Å². The third kappa shape index (κ3) is 4.25. The lowest BCUT2D eigenvalue weighted by molar-refractivity contribution is 0.0914. The molecule has 1 atom stereocenters. The van der Waals surface area contributed by atoms with Crippen LogP contribution in [-0.4, -0.2) is 29.7 Å². The summed E-state index contributed by atoms with van der Waals surface area (Å²) in [5.41, 5.74) is 1.14. The lowest BCUT2D eigenvalue weighted by Crippen LogP contribution is -2.31. The number of methoxy groups -OCH3 is 1. The average molecular weight is 339 g/mol. The summed E-state index contributed by atoms with van der Waals surface area (Å²) in [5, 5.41) is 12.0. The van der Waals surface area contributed by atoms with Crippen LogP contribution in [0.1, 0.15) is 27.5 Å². The summed E-state index contributed by atoms with van der Waals surface area (Å²) in [6.45, 7) is -0.144. The molecule has 1 amide bonds. The first-order chi connectivity index (χ1) is 11.1. The Bertz CT molecular complexity index is 697. The maximum atomic E-state index is 14.0. The summed E-state index contributed by atoms with van der Waals surface area (Å²) in [6, 6.07) is 5.12. The van der Waals surface area contributed by atoms with Gasteiger partial charge in [-0.15, -0.1) is 0 Å². The van der Waals surface area contributed by atoms with Gasteiger partial charge in [0.1, 0.15) is 5.82 Å². The van der Waals surface area contributed by atoms with E-state index in [1.165, 1.54) is 25.4 Å². The number of aliphatic hydroxyl groups is 1. The first kappa shape index (κ1) is 17.3. The van der Waals surface area contributed by atoms with E-state index in [1.54, 1.807) is 18.3 Å². The number of hydrogen-bond acceptors (Lipinski definition) is 4. The molecular weight excluding hydrogens is 323 g/mol. The zero-order valence-electron chi connectivity index (χ0n) is 12.4. The Morgan fingerprint density at radius 2 is 2.26 bits per heavy atom. The van der Waals surface area contributed by atoms with Crippen LogP contribution in [0.15, 0.2) is 36.7 Å². The van der Waals surface area contributed by atoms with Crippen LogP contribution in [0, 0.1) is 5.82 Å². The van der Waals surface area contributed by atoms with E-state index >= 15 is 0 Å². The van der Waals surface area contributed by atoms with E-state index in [0.29, 0.717) is 12.2 Å². The highest BCUT2D eigenvalue weighted by Gasteiger charge is 2.20. The van der Waals surface area contributed by atoms with Crippen molar-refractivity contribution in [1.29, 1.82) is 0 Å². The molecule has 122 valence electrons. The molecule has 1 heterocycles. The fourth-order valence-electron chi connectivity index (χ4n) is 2.11. The minimum absolute atomic E-state index is 0.0704. The number of pyridine rings is 1. The van der Waals surface area contributed by atoms with E-state index in [1.807, 2.05) is 0 Å². The van der Waals surface area contributed by atoms with Gasteiger partial charge in [-0.05, 0) is 17.7 Å². The lowest BCUT2D eigenvalue weighted by atomic mass is 10.1. The monoisotopic (exact) mass is 338 g/mol. The number of carbonyl (C=O) groups excluding carboxylic acids is 1. The van der Waals surface area contributed by atoms with Crippen molar-refractivity contribution in [3.8, 4) is 0 Å². The van der Waals surface area contributed by atoms with Gasteiger partial charge >= 0.3 is 0 Å². The Labute approximate surface area is 138 Å². The van der Waals surface area contributed by atoms with Crippen molar-refractivity contribution in [2.75, 3.05) is 13.7 Å². The summed E-state index contributed by atoms with van der Waals surface area (Å²) < 4.78 is 19.0. The fraction of sp³-hybridized carbons (Fsp3) is 0.250. The standard InChI is InChI=1S/C16H16ClFN2O3/c1-23-9-10-5-11(7-19-6-10)16(22)20-14(8-21)12-3-2-4-13(17)15(12)18/h2-7,14,21H,8-9H2,1H3,(H,20,22). The molecule has 0 fully saturated rings. The van der Waals surface area contributed by atoms with Crippen LogP contribution in [0.2, 0.25) is 5.02 Å². The van der Waals surface area contributed by atoms with Crippen molar-refractivity contribution in [2.45, 2.75) is 12.6 Å². The van der Waals surface area contributed by atoms with E-state index in [-0.39, 0.29) is 10.6 Å². The van der Waals surface area contributed by atoms with Crippen molar-refractivity contribution < 1.29 is 19.0 Å². The molecule has 1 aromatic carbocycles. The van der Waals surface area contributed by atoms with E-state index in [0.717, 1.165) is 5.56 Å². The molecule has 2 aromatic rings. The van der Waals surface area contributed by atoms with Crippen LogP contribution in [0.25, 0.3) is 0 Å². The van der Waals surface area contributed by atoms with Crippen LogP contribution >= 0.6 is 11.6 Å². The number of nitrogens with one attached hydrogen (secondary N) is 1. The molecule has 0 spiro atoms. The van der Waals surface area contributed by atoms with Gasteiger partial charge in [0.2, 0.25) is 0 Å². The van der Waals surface area contributed by atoms with E-state index in [9.17, 15) is 14.3 Å². The maximum Gasteiger partial charge on any atom is 0.253 e. The normalized spacial score (nSPS) is 12.0. The number of amides is 1. The van der Waals surface area contributed by atoms with Crippen molar-refractivity contribution >= 4 is 17.5 Å². The molecule has 0 bridgehead atoms. The maximum absolute atomic E-state index is 14.0. The molecule has 0 radical (unpaired) electrons. The van der Waals surface area contributed by atoms with Gasteiger partial charge in [-0.25, -0.2) is 4.39 Å². The number of benzene rings is 1. The quantitative estimate of drug-likeness (QED) is 0.849. The molecule has 0 aliphatic rings. The lowest BCUT2D eigenvalue weighted by Gasteiger charge is -2.18. The van der Waals surface area contributed by atoms with Gasteiger partial charge in [-0.2, -0.15) is 0 Å². The van der Waals surface area contributed by atoms with Crippen molar-refractivity contribution in [3.63, 3.8) is 0 Å². The minimum Gasteiger partial charge on any atom is -0.394 e. The van der Waals surface area contributed by atoms with Crippen molar-refractivity contribution in [1.82, 2.24) is 10.3 Å². The molecular formula is C16H16ClFN2O3. The summed E-state index contributed by atoms with van der Waals surface area (Å²) >= 11 is 5.73. The number of nitrogens with zero attached hydrogens (tertiary/aromatic N) is 1. The van der Waals surface area contributed by atoms with Crippen LogP contribution < -0.4 is 5.32 Å². The second-order valence-corrected chi connectivity index (χ2v) is 5.27. The number of rotatable bonds is 6. The number of aromatic nitrogens is 1. The number of halogens is 2. The second-order valence-electron chi connectivity index (χ2n) is 4.87. The zero-order valence-corrected chi connectivity index (χ0v) is 13.2. The smallest absolute Gasteiger partial charge is 0.253 e. The molecule has 0 saturated carbocycles. The summed E-state index contributed by atoms with van der Waals surface area (Å²) in [4.78, 5) is 16.2. The second kappa shape index (κ2) is 8.01. The van der Waals surface area contributed by atoms with Gasteiger partial charge in [0.15, 0.2) is 0 Å². The van der Waals surface area contributed by atoms with E-state index < -0.39 is 24.4 Å². The fourth-order valence-corrected chi connectivity index (χ4v) is 2.29. The topological polar surface area (TPSA) is 71.5 Å². The molecule has 7 heteroatoms. The van der Waals surface area contributed by atoms with Crippen LogP contribution in [0.5, 0.6) is 0 Å². The Morgan fingerprint density at radius 1 is 1.48 bits per heavy atom. The Hall–Kier alpha value is -2.02. The molecule has 2 rings (SSSR count). The van der Waals surface area contributed by atoms with E-state index in [4.69, 9.17) is 16.3 Å². The molecule has 0 saturated heterocycles. The summed E-state index contributed by atoms with van der Waals surface area (Å²) in [5.74, 6) is -1.14. The molecule has 2 N–H and O–H groups in total. The average Bonchev–Trinajstić information content (AvgIpc) is 2.56. The number of ether oxygens (including phenoxy) is 1. The molecule has 0 aliphatic carbocycles. The first-order valence-electron chi connectivity index (χ1n) is 6.85. The highest BCUT2D eigenvalue weighted by atomic mass is 35.5. The number of carbonyl (C=O) groups is 1. The van der Waals surface area contributed by atoms with Gasteiger partial charge in [-0.1, -0.05) is 23.7 Å². The predicted octanol–water partition coefficient (Wildman–Crippen LogP) is 2.48. The highest BCUT2D eigenvalue weighted by molar-refractivity contribution is 6.30. The number of aliphatic hydroxyl groups excluding tert-OH is 1. The van der Waals surface area contributed by atoms with Gasteiger partial charge in [0.25, 0.3) is 5.91 Å². The Balaban J connectivity index is 2.20. The molecule has 5 nitrogen and oxygen atoms in total. The number of hydrogen-bond donors (Lipinski definition) is 2. The van der Waals surface area contributed by atoms with Gasteiger partial charge in [0.05, 0.1) is 29.8 Å². The largest absolute Gasteiger partial charge is 0.394 e. The molecule has 1 aromatic heterocycles. The SMILES string of the molecule is COCc1cncc(C(=O)NC(CO)c2cccc(Cl)c2F)c1. The van der Waals surface area contributed by atoms with Crippen molar-refractivity contribution in [2.24, 2.45) is 0 Å². The van der Waals surface area contributed by atoms with Gasteiger partial charge in [-0.3, -0.25) is 9.78 Å². The Kier molecular flexibility index (Phi) is 6.04. The van der Waals surface area contributed by atoms with Gasteiger partial charge in [0, 0.05) is 25.1 Å². The third-order valence-electron chi connectivity index (χ3n) is 3.21. The van der Waals surface area contributed by atoms with E-state index in [2.05, 4.69) is 10.3 Å². The van der Waals surface area contributed by atoms with Crippen molar-refractivity contribution in [3.05, 3.63) is 64.2 Å². The minimum atomic E-state index is -0.910. The van der Waals surface area contributed by atoms with Crippen LogP contribution in [0.3, 0.4) is 0 Å². The highest BCUT2D eigenvalue weighted by Crippen LogP contribution is 2.23. The summed E-state index contributed by atoms with van der Waals surface area (Å²) in [7, 11) is 1.54. The third-order valence-corrected chi connectivity index (χ3v) is 3.50. The predicted molar refractivity (Wildman–Crippen MR) is 83.7 cm³/mol. The molecule has 1 unspecified atom stereocenters. The zero-order chi connectivity index (χ0) is 16.8. The van der Waals surface area contributed by atoms with Gasteiger partial charge < -0.3 is 15.2 Å². The Morgan fingerprint density at radius 3 is 2.96 bits per heavy atom. The van der Waals surface area contributed by atoms with Crippen LogP contribution in [-0.2, 0) is 11.3 Å². The first-order valence-corrected chi connectivity index (χ1v) is 7.23. The molecule has 0 aliphatic heterocycles. The molecule has 23 heavy (non-hydrogen) atoms.